The first-order valence-corrected chi connectivity index (χ1v) is 16.0. The van der Waals surface area contributed by atoms with Crippen LogP contribution in [0.2, 0.25) is 0 Å². The van der Waals surface area contributed by atoms with Gasteiger partial charge in [-0.1, -0.05) is 96.2 Å². The molecule has 1 unspecified atom stereocenters. The molecule has 3 saturated carbocycles. The molecule has 0 heterocycles. The summed E-state index contributed by atoms with van der Waals surface area (Å²) < 4.78 is 0. The Kier molecular flexibility index (Phi) is 7.94. The van der Waals surface area contributed by atoms with E-state index in [1.165, 1.54) is 0 Å². The number of carbonyl (C=O) groups excluding carboxylic acids is 1. The zero-order valence-electron chi connectivity index (χ0n) is 25.7. The maximum Gasteiger partial charge on any atom is 0.225 e. The van der Waals surface area contributed by atoms with Crippen LogP contribution in [-0.4, -0.2) is 33.4 Å². The minimum Gasteiger partial charge on any atom is -0.393 e. The Bertz CT molecular complexity index is 1130. The molecule has 40 heavy (non-hydrogen) atoms. The fourth-order valence-electron chi connectivity index (χ4n) is 9.67. The number of amides is 1. The SMILES string of the molecule is CC(C)[C@@H](C)/C=C/[C@@H](C)[C@H]1CC[C@@H]2[C@]1(C)CCC1[C@]2(O)C=C[C@@]2(NC(=O)Cc3ccccc3)C[C@@H](O)CC[C@]12C. The zero-order chi connectivity index (χ0) is 28.9. The highest BCUT2D eigenvalue weighted by Crippen LogP contribution is 2.69. The molecule has 0 radical (unpaired) electrons. The highest BCUT2D eigenvalue weighted by molar-refractivity contribution is 5.80. The summed E-state index contributed by atoms with van der Waals surface area (Å²) >= 11 is 0. The van der Waals surface area contributed by atoms with Crippen molar-refractivity contribution in [2.75, 3.05) is 0 Å². The molecule has 1 aromatic rings. The average Bonchev–Trinajstić information content (AvgIpc) is 3.27. The van der Waals surface area contributed by atoms with E-state index in [2.05, 4.69) is 71.2 Å². The van der Waals surface area contributed by atoms with Crippen LogP contribution in [0.1, 0.15) is 92.1 Å². The normalized spacial score (nSPS) is 42.2. The van der Waals surface area contributed by atoms with E-state index in [1.54, 1.807) is 0 Å². The summed E-state index contributed by atoms with van der Waals surface area (Å²) in [5.41, 5.74) is -0.785. The standard InChI is InChI=1S/C36H53NO3/c1-24(2)25(3)12-13-26(4)29-14-15-30-33(29,5)18-17-31-34(6)19-16-28(38)23-35(34,20-21-36(30,31)40)37-32(39)22-27-10-8-7-9-11-27/h7-13,20-21,24-26,28-31,38,40H,14-19,22-23H2,1-6H3,(H,37,39)/b13-12+/t25-,26+,28-,29+,30+,31?,33+,34+,35+,36-/m0/s1. The van der Waals surface area contributed by atoms with E-state index in [9.17, 15) is 15.0 Å². The van der Waals surface area contributed by atoms with Crippen molar-refractivity contribution in [2.45, 2.75) is 110 Å². The maximum absolute atomic E-state index is 13.4. The van der Waals surface area contributed by atoms with Crippen LogP contribution in [0.25, 0.3) is 0 Å². The fourth-order valence-corrected chi connectivity index (χ4v) is 9.67. The summed E-state index contributed by atoms with van der Waals surface area (Å²) in [4.78, 5) is 13.4. The molecule has 4 aliphatic carbocycles. The van der Waals surface area contributed by atoms with Gasteiger partial charge >= 0.3 is 0 Å². The van der Waals surface area contributed by atoms with Crippen molar-refractivity contribution in [1.29, 1.82) is 0 Å². The van der Waals surface area contributed by atoms with Crippen LogP contribution in [0.15, 0.2) is 54.6 Å². The molecule has 0 saturated heterocycles. The molecular weight excluding hydrogens is 494 g/mol. The molecule has 0 aromatic heterocycles. The van der Waals surface area contributed by atoms with Gasteiger partial charge in [0.05, 0.1) is 23.7 Å². The number of carbonyl (C=O) groups is 1. The summed E-state index contributed by atoms with van der Waals surface area (Å²) in [7, 11) is 0. The van der Waals surface area contributed by atoms with Crippen LogP contribution in [0.3, 0.4) is 0 Å². The Morgan fingerprint density at radius 1 is 0.975 bits per heavy atom. The third-order valence-electron chi connectivity index (χ3n) is 12.4. The lowest BCUT2D eigenvalue weighted by molar-refractivity contribution is -0.186. The molecule has 10 atom stereocenters. The van der Waals surface area contributed by atoms with Crippen molar-refractivity contribution >= 4 is 5.91 Å². The van der Waals surface area contributed by atoms with Gasteiger partial charge in [-0.05, 0) is 85.0 Å². The summed E-state index contributed by atoms with van der Waals surface area (Å²) in [5.74, 6) is 2.51. The van der Waals surface area contributed by atoms with Gasteiger partial charge in [-0.15, -0.1) is 0 Å². The van der Waals surface area contributed by atoms with Gasteiger partial charge in [-0.2, -0.15) is 0 Å². The topological polar surface area (TPSA) is 69.6 Å². The van der Waals surface area contributed by atoms with Crippen LogP contribution in [0, 0.1) is 46.3 Å². The van der Waals surface area contributed by atoms with Crippen LogP contribution >= 0.6 is 0 Å². The number of fused-ring (bicyclic) bond motifs is 5. The molecule has 0 aliphatic heterocycles. The van der Waals surface area contributed by atoms with E-state index >= 15 is 0 Å². The van der Waals surface area contributed by atoms with Gasteiger partial charge in [-0.3, -0.25) is 4.79 Å². The molecule has 1 aromatic carbocycles. The lowest BCUT2D eigenvalue weighted by Gasteiger charge is -2.66. The molecule has 1 amide bonds. The van der Waals surface area contributed by atoms with Gasteiger partial charge in [0.1, 0.15) is 0 Å². The molecule has 4 heteroatoms. The third kappa shape index (κ3) is 4.81. The highest BCUT2D eigenvalue weighted by atomic mass is 16.3. The van der Waals surface area contributed by atoms with Crippen molar-refractivity contribution in [3.05, 3.63) is 60.2 Å². The van der Waals surface area contributed by atoms with Crippen LogP contribution < -0.4 is 5.32 Å². The van der Waals surface area contributed by atoms with Crippen LogP contribution in [0.4, 0.5) is 0 Å². The summed E-state index contributed by atoms with van der Waals surface area (Å²) in [5, 5.41) is 27.0. The molecule has 3 N–H and O–H groups in total. The van der Waals surface area contributed by atoms with E-state index in [4.69, 9.17) is 0 Å². The van der Waals surface area contributed by atoms with Crippen molar-refractivity contribution < 1.29 is 15.0 Å². The Labute approximate surface area is 242 Å². The van der Waals surface area contributed by atoms with Gasteiger partial charge in [0, 0.05) is 11.8 Å². The van der Waals surface area contributed by atoms with E-state index < -0.39 is 17.2 Å². The minimum absolute atomic E-state index is 0.0144. The highest BCUT2D eigenvalue weighted by Gasteiger charge is 2.69. The first kappa shape index (κ1) is 29.6. The van der Waals surface area contributed by atoms with Crippen LogP contribution in [0.5, 0.6) is 0 Å². The van der Waals surface area contributed by atoms with Crippen molar-refractivity contribution in [2.24, 2.45) is 46.3 Å². The molecule has 3 fully saturated rings. The van der Waals surface area contributed by atoms with Crippen molar-refractivity contribution in [3.63, 3.8) is 0 Å². The number of nitrogens with one attached hydrogen (secondary N) is 1. The van der Waals surface area contributed by atoms with Gasteiger partial charge in [-0.25, -0.2) is 0 Å². The largest absolute Gasteiger partial charge is 0.393 e. The number of aliphatic hydroxyl groups is 2. The quantitative estimate of drug-likeness (QED) is 0.327. The molecule has 220 valence electrons. The smallest absolute Gasteiger partial charge is 0.225 e. The summed E-state index contributed by atoms with van der Waals surface area (Å²) in [6.45, 7) is 14.0. The van der Waals surface area contributed by atoms with Crippen molar-refractivity contribution in [3.8, 4) is 0 Å². The minimum atomic E-state index is -0.888. The number of aliphatic hydroxyl groups excluding tert-OH is 1. The molecule has 5 rings (SSSR count). The Morgan fingerprint density at radius 2 is 1.70 bits per heavy atom. The number of hydrogen-bond acceptors (Lipinski definition) is 3. The Balaban J connectivity index is 1.44. The Hall–Kier alpha value is -1.91. The monoisotopic (exact) mass is 547 g/mol. The fraction of sp³-hybridized carbons (Fsp3) is 0.694. The molecule has 4 nitrogen and oxygen atoms in total. The maximum atomic E-state index is 13.4. The van der Waals surface area contributed by atoms with E-state index in [-0.39, 0.29) is 28.6 Å². The predicted molar refractivity (Wildman–Crippen MR) is 162 cm³/mol. The second-order valence-corrected chi connectivity index (χ2v) is 14.9. The van der Waals surface area contributed by atoms with E-state index in [1.807, 2.05) is 30.3 Å². The second-order valence-electron chi connectivity index (χ2n) is 14.9. The predicted octanol–water partition coefficient (Wildman–Crippen LogP) is 6.86. The number of benzene rings is 1. The van der Waals surface area contributed by atoms with E-state index in [0.717, 1.165) is 37.7 Å². The number of allylic oxidation sites excluding steroid dienone is 2. The zero-order valence-corrected chi connectivity index (χ0v) is 25.7. The lowest BCUT2D eigenvalue weighted by atomic mass is 9.42. The third-order valence-corrected chi connectivity index (χ3v) is 12.4. The molecule has 0 bridgehead atoms. The Morgan fingerprint density at radius 3 is 2.40 bits per heavy atom. The molecule has 0 spiro atoms. The summed E-state index contributed by atoms with van der Waals surface area (Å²) in [6, 6.07) is 9.86. The number of hydrogen-bond donors (Lipinski definition) is 3. The van der Waals surface area contributed by atoms with Gasteiger partial charge < -0.3 is 15.5 Å². The van der Waals surface area contributed by atoms with Crippen molar-refractivity contribution in [1.82, 2.24) is 5.32 Å². The second kappa shape index (κ2) is 10.7. The molecule has 4 aliphatic rings. The number of rotatable bonds is 7. The first-order valence-electron chi connectivity index (χ1n) is 16.0. The van der Waals surface area contributed by atoms with Gasteiger partial charge in [0.25, 0.3) is 0 Å². The first-order chi connectivity index (χ1) is 18.8. The van der Waals surface area contributed by atoms with Crippen LogP contribution in [-0.2, 0) is 11.2 Å². The van der Waals surface area contributed by atoms with E-state index in [0.29, 0.717) is 42.9 Å². The lowest BCUT2D eigenvalue weighted by Crippen LogP contribution is -2.72. The van der Waals surface area contributed by atoms with Gasteiger partial charge in [0.15, 0.2) is 0 Å². The molecular formula is C36H53NO3. The summed E-state index contributed by atoms with van der Waals surface area (Å²) in [6.07, 6.45) is 15.2. The average molecular weight is 548 g/mol. The van der Waals surface area contributed by atoms with Gasteiger partial charge in [0.2, 0.25) is 5.91 Å².